The number of nitrogens with zero attached hydrogens (tertiary/aromatic N) is 3. The molecule has 7 nitrogen and oxygen atoms in total. The molecule has 0 unspecified atom stereocenters. The van der Waals surface area contributed by atoms with Crippen LogP contribution in [-0.2, 0) is 16.0 Å². The number of nitrogens with one attached hydrogen (secondary N) is 1. The van der Waals surface area contributed by atoms with E-state index >= 15 is 0 Å². The summed E-state index contributed by atoms with van der Waals surface area (Å²) in [5.74, 6) is -0.132. The molecule has 0 atom stereocenters. The summed E-state index contributed by atoms with van der Waals surface area (Å²) in [7, 11) is 0. The minimum atomic E-state index is -0.111. The SMILES string of the molecule is CCOCCc1nnc(NC(=O)C2CCN(C(=O)c3ccccc3)CC2)s1. The molecule has 2 heterocycles. The number of hydrogen-bond donors (Lipinski definition) is 1. The van der Waals surface area contributed by atoms with Crippen molar-refractivity contribution in [3.8, 4) is 0 Å². The maximum absolute atomic E-state index is 12.5. The third-order valence-corrected chi connectivity index (χ3v) is 5.43. The van der Waals surface area contributed by atoms with Gasteiger partial charge in [0.25, 0.3) is 5.91 Å². The van der Waals surface area contributed by atoms with Gasteiger partial charge in [0, 0.05) is 37.6 Å². The van der Waals surface area contributed by atoms with Gasteiger partial charge in [-0.15, -0.1) is 10.2 Å². The molecule has 0 bridgehead atoms. The van der Waals surface area contributed by atoms with Gasteiger partial charge in [0.1, 0.15) is 5.01 Å². The molecule has 0 aliphatic carbocycles. The number of benzene rings is 1. The van der Waals surface area contributed by atoms with Gasteiger partial charge in [-0.2, -0.15) is 0 Å². The molecule has 0 saturated carbocycles. The summed E-state index contributed by atoms with van der Waals surface area (Å²) < 4.78 is 5.30. The predicted octanol–water partition coefficient (Wildman–Crippen LogP) is 2.61. The van der Waals surface area contributed by atoms with Crippen LogP contribution in [0.15, 0.2) is 30.3 Å². The topological polar surface area (TPSA) is 84.4 Å². The zero-order valence-corrected chi connectivity index (χ0v) is 16.2. The lowest BCUT2D eigenvalue weighted by atomic mass is 9.95. The van der Waals surface area contributed by atoms with Gasteiger partial charge in [0.15, 0.2) is 0 Å². The Hall–Kier alpha value is -2.32. The second-order valence-corrected chi connectivity index (χ2v) is 7.43. The maximum Gasteiger partial charge on any atom is 0.253 e. The fourth-order valence-electron chi connectivity index (χ4n) is 3.02. The third kappa shape index (κ3) is 5.33. The van der Waals surface area contributed by atoms with Crippen LogP contribution in [0.4, 0.5) is 5.13 Å². The van der Waals surface area contributed by atoms with Gasteiger partial charge < -0.3 is 15.0 Å². The molecule has 1 aliphatic heterocycles. The number of piperidine rings is 1. The van der Waals surface area contributed by atoms with Crippen molar-refractivity contribution in [1.29, 1.82) is 0 Å². The van der Waals surface area contributed by atoms with Gasteiger partial charge in [-0.3, -0.25) is 9.59 Å². The zero-order valence-electron chi connectivity index (χ0n) is 15.4. The summed E-state index contributed by atoms with van der Waals surface area (Å²) in [6.07, 6.45) is 2.00. The van der Waals surface area contributed by atoms with Crippen LogP contribution in [0, 0.1) is 5.92 Å². The molecule has 1 fully saturated rings. The molecule has 1 N–H and O–H groups in total. The number of aromatic nitrogens is 2. The Morgan fingerprint density at radius 3 is 2.67 bits per heavy atom. The van der Waals surface area contributed by atoms with Crippen molar-refractivity contribution >= 4 is 28.3 Å². The Kier molecular flexibility index (Phi) is 6.89. The van der Waals surface area contributed by atoms with Gasteiger partial charge in [0.05, 0.1) is 6.61 Å². The van der Waals surface area contributed by atoms with Crippen molar-refractivity contribution in [2.75, 3.05) is 31.6 Å². The van der Waals surface area contributed by atoms with Crippen LogP contribution in [0.1, 0.15) is 35.1 Å². The summed E-state index contributed by atoms with van der Waals surface area (Å²) in [5.41, 5.74) is 0.689. The number of amides is 2. The van der Waals surface area contributed by atoms with Gasteiger partial charge in [0.2, 0.25) is 11.0 Å². The first-order valence-electron chi connectivity index (χ1n) is 9.22. The Morgan fingerprint density at radius 1 is 1.22 bits per heavy atom. The number of anilines is 1. The second-order valence-electron chi connectivity index (χ2n) is 6.37. The van der Waals surface area contributed by atoms with Crippen molar-refractivity contribution in [1.82, 2.24) is 15.1 Å². The standard InChI is InChI=1S/C19H24N4O3S/c1-2-26-13-10-16-21-22-19(27-16)20-17(24)14-8-11-23(12-9-14)18(25)15-6-4-3-5-7-15/h3-7,14H,2,8-13H2,1H3,(H,20,22,24). The fourth-order valence-corrected chi connectivity index (χ4v) is 3.75. The van der Waals surface area contributed by atoms with E-state index in [0.29, 0.717) is 56.3 Å². The summed E-state index contributed by atoms with van der Waals surface area (Å²) in [6.45, 7) is 4.40. The van der Waals surface area contributed by atoms with Crippen LogP contribution < -0.4 is 5.32 Å². The van der Waals surface area contributed by atoms with Crippen molar-refractivity contribution in [3.05, 3.63) is 40.9 Å². The minimum absolute atomic E-state index is 0.0255. The van der Waals surface area contributed by atoms with Crippen molar-refractivity contribution in [3.63, 3.8) is 0 Å². The van der Waals surface area contributed by atoms with E-state index in [0.717, 1.165) is 5.01 Å². The summed E-state index contributed by atoms with van der Waals surface area (Å²) in [4.78, 5) is 26.8. The number of ether oxygens (including phenoxy) is 1. The monoisotopic (exact) mass is 388 g/mol. The fraction of sp³-hybridized carbons (Fsp3) is 0.474. The molecule has 0 radical (unpaired) electrons. The van der Waals surface area contributed by atoms with Crippen LogP contribution in [0.3, 0.4) is 0 Å². The molecule has 1 saturated heterocycles. The quantitative estimate of drug-likeness (QED) is 0.737. The molecule has 8 heteroatoms. The van der Waals surface area contributed by atoms with E-state index in [4.69, 9.17) is 4.74 Å². The van der Waals surface area contributed by atoms with Crippen LogP contribution in [-0.4, -0.2) is 53.2 Å². The first kappa shape index (κ1) is 19.4. The van der Waals surface area contributed by atoms with E-state index in [1.165, 1.54) is 11.3 Å². The van der Waals surface area contributed by atoms with E-state index in [9.17, 15) is 9.59 Å². The Labute approximate surface area is 162 Å². The summed E-state index contributed by atoms with van der Waals surface area (Å²) in [5, 5.41) is 12.3. The molecule has 144 valence electrons. The van der Waals surface area contributed by atoms with E-state index in [-0.39, 0.29) is 17.7 Å². The first-order chi connectivity index (χ1) is 13.2. The van der Waals surface area contributed by atoms with Crippen LogP contribution in [0.25, 0.3) is 0 Å². The molecule has 2 aromatic rings. The number of likely N-dealkylation sites (tertiary alicyclic amines) is 1. The minimum Gasteiger partial charge on any atom is -0.381 e. The lowest BCUT2D eigenvalue weighted by Gasteiger charge is -2.31. The van der Waals surface area contributed by atoms with Crippen LogP contribution in [0.2, 0.25) is 0 Å². The highest BCUT2D eigenvalue weighted by atomic mass is 32.1. The smallest absolute Gasteiger partial charge is 0.253 e. The van der Waals surface area contributed by atoms with Crippen molar-refractivity contribution in [2.45, 2.75) is 26.2 Å². The largest absolute Gasteiger partial charge is 0.381 e. The van der Waals surface area contributed by atoms with Gasteiger partial charge in [-0.05, 0) is 31.9 Å². The maximum atomic E-state index is 12.5. The molecule has 0 spiro atoms. The molecule has 3 rings (SSSR count). The second kappa shape index (κ2) is 9.57. The average molecular weight is 388 g/mol. The van der Waals surface area contributed by atoms with Gasteiger partial charge >= 0.3 is 0 Å². The summed E-state index contributed by atoms with van der Waals surface area (Å²) in [6, 6.07) is 9.25. The van der Waals surface area contributed by atoms with E-state index in [2.05, 4.69) is 15.5 Å². The van der Waals surface area contributed by atoms with E-state index in [1.54, 1.807) is 0 Å². The lowest BCUT2D eigenvalue weighted by molar-refractivity contribution is -0.121. The van der Waals surface area contributed by atoms with Gasteiger partial charge in [-0.1, -0.05) is 29.5 Å². The number of hydrogen-bond acceptors (Lipinski definition) is 6. The van der Waals surface area contributed by atoms with Crippen LogP contribution in [0.5, 0.6) is 0 Å². The Bertz CT molecular complexity index is 757. The van der Waals surface area contributed by atoms with Crippen LogP contribution >= 0.6 is 11.3 Å². The van der Waals surface area contributed by atoms with Crippen molar-refractivity contribution in [2.24, 2.45) is 5.92 Å². The van der Waals surface area contributed by atoms with Crippen molar-refractivity contribution < 1.29 is 14.3 Å². The molecule has 1 aromatic carbocycles. The molecule has 1 aromatic heterocycles. The summed E-state index contributed by atoms with van der Waals surface area (Å²) >= 11 is 1.38. The molecular formula is C19H24N4O3S. The number of rotatable bonds is 7. The Morgan fingerprint density at radius 2 is 1.96 bits per heavy atom. The number of carbonyl (C=O) groups is 2. The predicted molar refractivity (Wildman–Crippen MR) is 104 cm³/mol. The molecule has 27 heavy (non-hydrogen) atoms. The first-order valence-corrected chi connectivity index (χ1v) is 10.0. The molecule has 1 aliphatic rings. The highest BCUT2D eigenvalue weighted by Crippen LogP contribution is 2.22. The van der Waals surface area contributed by atoms with E-state index < -0.39 is 0 Å². The normalized spacial score (nSPS) is 14.9. The molecular weight excluding hydrogens is 364 g/mol. The third-order valence-electron chi connectivity index (χ3n) is 4.54. The van der Waals surface area contributed by atoms with Gasteiger partial charge in [-0.25, -0.2) is 0 Å². The highest BCUT2D eigenvalue weighted by molar-refractivity contribution is 7.15. The Balaban J connectivity index is 1.46. The zero-order chi connectivity index (χ0) is 19.1. The average Bonchev–Trinajstić information content (AvgIpc) is 3.15. The lowest BCUT2D eigenvalue weighted by Crippen LogP contribution is -2.41. The molecule has 2 amide bonds. The highest BCUT2D eigenvalue weighted by Gasteiger charge is 2.28. The van der Waals surface area contributed by atoms with E-state index in [1.807, 2.05) is 42.2 Å². The number of carbonyl (C=O) groups excluding carboxylic acids is 2.